The molecule has 1 N–H and O–H groups in total. The van der Waals surface area contributed by atoms with E-state index in [9.17, 15) is 9.50 Å². The van der Waals surface area contributed by atoms with Crippen LogP contribution in [0.1, 0.15) is 5.56 Å². The molecule has 76 valence electrons. The van der Waals surface area contributed by atoms with E-state index >= 15 is 0 Å². The second-order valence-electron chi connectivity index (χ2n) is 3.34. The van der Waals surface area contributed by atoms with Gasteiger partial charge in [0.25, 0.3) is 0 Å². The fourth-order valence-corrected chi connectivity index (χ4v) is 1.50. The topological polar surface area (TPSA) is 33.1 Å². The number of aromatic nitrogens is 1. The highest BCUT2D eigenvalue weighted by Gasteiger charge is 2.06. The molecule has 0 spiro atoms. The first-order valence-corrected chi connectivity index (χ1v) is 4.58. The Bertz CT molecular complexity index is 497. The molecule has 1 aromatic heterocycles. The third-order valence-electron chi connectivity index (χ3n) is 2.30. The molecule has 0 fully saturated rings. The molecule has 0 aliphatic carbocycles. The Morgan fingerprint density at radius 3 is 2.80 bits per heavy atom. The summed E-state index contributed by atoms with van der Waals surface area (Å²) in [5.41, 5.74) is 2.02. The van der Waals surface area contributed by atoms with Gasteiger partial charge < -0.3 is 5.11 Å². The highest BCUT2D eigenvalue weighted by atomic mass is 19.1. The average Bonchev–Trinajstić information content (AvgIpc) is 2.22. The van der Waals surface area contributed by atoms with Gasteiger partial charge in [0.2, 0.25) is 0 Å². The number of benzene rings is 1. The summed E-state index contributed by atoms with van der Waals surface area (Å²) in [7, 11) is 0. The lowest BCUT2D eigenvalue weighted by Crippen LogP contribution is -1.88. The van der Waals surface area contributed by atoms with Gasteiger partial charge >= 0.3 is 0 Å². The van der Waals surface area contributed by atoms with Crippen molar-refractivity contribution in [2.24, 2.45) is 0 Å². The van der Waals surface area contributed by atoms with Crippen LogP contribution in [-0.2, 0) is 0 Å². The van der Waals surface area contributed by atoms with Crippen LogP contribution in [0.2, 0.25) is 0 Å². The molecule has 0 aliphatic rings. The zero-order valence-electron chi connectivity index (χ0n) is 8.24. The fourth-order valence-electron chi connectivity index (χ4n) is 1.50. The number of hydrogen-bond acceptors (Lipinski definition) is 2. The van der Waals surface area contributed by atoms with Gasteiger partial charge in [-0.2, -0.15) is 0 Å². The minimum Gasteiger partial charge on any atom is -0.506 e. The first kappa shape index (κ1) is 9.65. The quantitative estimate of drug-likeness (QED) is 0.773. The third kappa shape index (κ3) is 1.81. The van der Waals surface area contributed by atoms with E-state index in [4.69, 9.17) is 0 Å². The standard InChI is InChI=1S/C12H10FNO/c1-8-11(3-2-4-12(8)13)9-5-10(15)7-14-6-9/h2-7,15H,1H3. The lowest BCUT2D eigenvalue weighted by molar-refractivity contribution is 0.473. The first-order chi connectivity index (χ1) is 7.18. The zero-order valence-corrected chi connectivity index (χ0v) is 8.24. The number of halogens is 1. The van der Waals surface area contributed by atoms with E-state index in [0.717, 1.165) is 5.56 Å². The largest absolute Gasteiger partial charge is 0.506 e. The predicted molar refractivity (Wildman–Crippen MR) is 56.0 cm³/mol. The molecule has 0 aliphatic heterocycles. The van der Waals surface area contributed by atoms with Gasteiger partial charge in [-0.15, -0.1) is 0 Å². The van der Waals surface area contributed by atoms with Crippen molar-refractivity contribution in [1.82, 2.24) is 4.98 Å². The summed E-state index contributed by atoms with van der Waals surface area (Å²) in [6.45, 7) is 1.70. The lowest BCUT2D eigenvalue weighted by atomic mass is 10.0. The van der Waals surface area contributed by atoms with Gasteiger partial charge in [0.1, 0.15) is 11.6 Å². The van der Waals surface area contributed by atoms with Crippen LogP contribution in [0.15, 0.2) is 36.7 Å². The van der Waals surface area contributed by atoms with E-state index in [2.05, 4.69) is 4.98 Å². The van der Waals surface area contributed by atoms with Crippen molar-refractivity contribution in [1.29, 1.82) is 0 Å². The van der Waals surface area contributed by atoms with Crippen LogP contribution in [0, 0.1) is 12.7 Å². The third-order valence-corrected chi connectivity index (χ3v) is 2.30. The molecule has 2 rings (SSSR count). The van der Waals surface area contributed by atoms with Crippen molar-refractivity contribution in [2.45, 2.75) is 6.92 Å². The molecule has 1 heterocycles. The summed E-state index contributed by atoms with van der Waals surface area (Å²) < 4.78 is 13.3. The van der Waals surface area contributed by atoms with Crippen LogP contribution in [-0.4, -0.2) is 10.1 Å². The molecule has 0 unspecified atom stereocenters. The zero-order chi connectivity index (χ0) is 10.8. The summed E-state index contributed by atoms with van der Waals surface area (Å²) in [6, 6.07) is 6.42. The summed E-state index contributed by atoms with van der Waals surface area (Å²) in [6.07, 6.45) is 2.94. The molecule has 0 saturated heterocycles. The van der Waals surface area contributed by atoms with E-state index < -0.39 is 0 Å². The molecular formula is C12H10FNO. The van der Waals surface area contributed by atoms with Gasteiger partial charge in [-0.1, -0.05) is 12.1 Å². The van der Waals surface area contributed by atoms with Gasteiger partial charge in [0.15, 0.2) is 0 Å². The van der Waals surface area contributed by atoms with Crippen molar-refractivity contribution in [3.63, 3.8) is 0 Å². The summed E-state index contributed by atoms with van der Waals surface area (Å²) in [5, 5.41) is 9.28. The number of hydrogen-bond donors (Lipinski definition) is 1. The number of rotatable bonds is 1. The SMILES string of the molecule is Cc1c(F)cccc1-c1cncc(O)c1. The van der Waals surface area contributed by atoms with Gasteiger partial charge in [0.05, 0.1) is 6.20 Å². The molecule has 0 radical (unpaired) electrons. The van der Waals surface area contributed by atoms with Crippen molar-refractivity contribution in [3.8, 4) is 16.9 Å². The second-order valence-corrected chi connectivity index (χ2v) is 3.34. The Morgan fingerprint density at radius 2 is 2.07 bits per heavy atom. The normalized spacial score (nSPS) is 10.3. The molecule has 2 aromatic rings. The molecule has 0 amide bonds. The van der Waals surface area contributed by atoms with Gasteiger partial charge in [-0.05, 0) is 30.2 Å². The van der Waals surface area contributed by atoms with Gasteiger partial charge in [-0.25, -0.2) is 4.39 Å². The Kier molecular flexibility index (Phi) is 2.37. The molecule has 1 aromatic carbocycles. The fraction of sp³-hybridized carbons (Fsp3) is 0.0833. The highest BCUT2D eigenvalue weighted by molar-refractivity contribution is 5.67. The summed E-state index contributed by atoms with van der Waals surface area (Å²) in [4.78, 5) is 3.86. The lowest BCUT2D eigenvalue weighted by Gasteiger charge is -2.06. The average molecular weight is 203 g/mol. The van der Waals surface area contributed by atoms with Crippen LogP contribution in [0.4, 0.5) is 4.39 Å². The number of aromatic hydroxyl groups is 1. The Morgan fingerprint density at radius 1 is 1.27 bits per heavy atom. The molecule has 15 heavy (non-hydrogen) atoms. The van der Waals surface area contributed by atoms with Crippen LogP contribution >= 0.6 is 0 Å². The second kappa shape index (κ2) is 3.69. The summed E-state index contributed by atoms with van der Waals surface area (Å²) in [5.74, 6) is -0.174. The maximum atomic E-state index is 13.3. The Hall–Kier alpha value is -1.90. The smallest absolute Gasteiger partial charge is 0.134 e. The Balaban J connectivity index is 2.59. The van der Waals surface area contributed by atoms with Gasteiger partial charge in [-0.3, -0.25) is 4.98 Å². The van der Waals surface area contributed by atoms with E-state index in [1.807, 2.05) is 0 Å². The van der Waals surface area contributed by atoms with Crippen LogP contribution in [0.25, 0.3) is 11.1 Å². The van der Waals surface area contributed by atoms with Crippen molar-refractivity contribution in [3.05, 3.63) is 48.0 Å². The van der Waals surface area contributed by atoms with Crippen LogP contribution in [0.3, 0.4) is 0 Å². The van der Waals surface area contributed by atoms with E-state index in [1.54, 1.807) is 31.3 Å². The predicted octanol–water partition coefficient (Wildman–Crippen LogP) is 2.90. The van der Waals surface area contributed by atoms with E-state index in [0.29, 0.717) is 11.1 Å². The molecule has 0 atom stereocenters. The number of pyridine rings is 1. The molecule has 2 nitrogen and oxygen atoms in total. The maximum absolute atomic E-state index is 13.3. The van der Waals surface area contributed by atoms with Crippen LogP contribution < -0.4 is 0 Å². The van der Waals surface area contributed by atoms with Crippen molar-refractivity contribution in [2.75, 3.05) is 0 Å². The van der Waals surface area contributed by atoms with E-state index in [1.165, 1.54) is 12.3 Å². The van der Waals surface area contributed by atoms with E-state index in [-0.39, 0.29) is 11.6 Å². The Labute approximate surface area is 87.0 Å². The molecule has 0 bridgehead atoms. The minimum absolute atomic E-state index is 0.0798. The highest BCUT2D eigenvalue weighted by Crippen LogP contribution is 2.26. The molecular weight excluding hydrogens is 193 g/mol. The van der Waals surface area contributed by atoms with Crippen molar-refractivity contribution < 1.29 is 9.50 Å². The summed E-state index contributed by atoms with van der Waals surface area (Å²) >= 11 is 0. The first-order valence-electron chi connectivity index (χ1n) is 4.58. The minimum atomic E-state index is -0.254. The van der Waals surface area contributed by atoms with Gasteiger partial charge in [0, 0.05) is 11.8 Å². The molecule has 0 saturated carbocycles. The van der Waals surface area contributed by atoms with Crippen LogP contribution in [0.5, 0.6) is 5.75 Å². The number of nitrogens with zero attached hydrogens (tertiary/aromatic N) is 1. The van der Waals surface area contributed by atoms with Crippen molar-refractivity contribution >= 4 is 0 Å². The molecule has 3 heteroatoms. The monoisotopic (exact) mass is 203 g/mol. The maximum Gasteiger partial charge on any atom is 0.134 e.